The number of morpholine rings is 1. The lowest BCUT2D eigenvalue weighted by molar-refractivity contribution is -0.0570. The van der Waals surface area contributed by atoms with Crippen molar-refractivity contribution in [1.82, 2.24) is 4.90 Å². The summed E-state index contributed by atoms with van der Waals surface area (Å²) < 4.78 is 10.9. The Labute approximate surface area is 112 Å². The summed E-state index contributed by atoms with van der Waals surface area (Å²) in [6, 6.07) is 1.73. The lowest BCUT2D eigenvalue weighted by Gasteiger charge is -2.36. The Bertz CT molecular complexity index is 418. The molecule has 1 aromatic rings. The second kappa shape index (κ2) is 5.76. The average molecular weight is 272 g/mol. The molecule has 2 heterocycles. The van der Waals surface area contributed by atoms with Crippen LogP contribution in [0.5, 0.6) is 0 Å². The predicted octanol–water partition coefficient (Wildman–Crippen LogP) is 2.31. The van der Waals surface area contributed by atoms with Crippen LogP contribution in [0.4, 0.5) is 0 Å². The fraction of sp³-hybridized carbons (Fsp3) is 0.615. The first-order valence-corrected chi connectivity index (χ1v) is 6.76. The summed E-state index contributed by atoms with van der Waals surface area (Å²) >= 11 is 5.82. The Balaban J connectivity index is 2.13. The molecule has 0 bridgehead atoms. The fourth-order valence-electron chi connectivity index (χ4n) is 2.27. The first-order chi connectivity index (χ1) is 8.65. The van der Waals surface area contributed by atoms with E-state index < -0.39 is 0 Å². The maximum atomic E-state index is 12.4. The number of amides is 1. The van der Waals surface area contributed by atoms with E-state index in [-0.39, 0.29) is 18.1 Å². The van der Waals surface area contributed by atoms with Crippen LogP contribution < -0.4 is 0 Å². The summed E-state index contributed by atoms with van der Waals surface area (Å²) in [5.41, 5.74) is 0.653. The summed E-state index contributed by atoms with van der Waals surface area (Å²) in [5, 5.41) is 0. The third-order valence-electron chi connectivity index (χ3n) is 3.08. The number of alkyl halides is 1. The number of carbonyl (C=O) groups is 1. The van der Waals surface area contributed by atoms with Gasteiger partial charge in [-0.05, 0) is 13.0 Å². The molecule has 0 aromatic carbocycles. The molecular formula is C13H18ClNO3. The number of halogens is 1. The Morgan fingerprint density at radius 3 is 3.00 bits per heavy atom. The SMILES string of the molecule is CCc1occc1C(=O)N1CC(C)OC(CCl)C1. The van der Waals surface area contributed by atoms with Crippen molar-refractivity contribution < 1.29 is 13.9 Å². The van der Waals surface area contributed by atoms with Crippen molar-refractivity contribution in [3.8, 4) is 0 Å². The molecule has 0 saturated carbocycles. The summed E-state index contributed by atoms with van der Waals surface area (Å²) in [7, 11) is 0. The molecular weight excluding hydrogens is 254 g/mol. The van der Waals surface area contributed by atoms with Crippen molar-refractivity contribution in [2.75, 3.05) is 19.0 Å². The van der Waals surface area contributed by atoms with Crippen LogP contribution in [0, 0.1) is 0 Å². The molecule has 0 N–H and O–H groups in total. The van der Waals surface area contributed by atoms with Crippen molar-refractivity contribution in [1.29, 1.82) is 0 Å². The van der Waals surface area contributed by atoms with Crippen LogP contribution in [0.2, 0.25) is 0 Å². The molecule has 1 amide bonds. The highest BCUT2D eigenvalue weighted by Crippen LogP contribution is 2.18. The Hall–Kier alpha value is -1.00. The number of hydrogen-bond acceptors (Lipinski definition) is 3. The first-order valence-electron chi connectivity index (χ1n) is 6.22. The maximum Gasteiger partial charge on any atom is 0.257 e. The Morgan fingerprint density at radius 1 is 1.56 bits per heavy atom. The van der Waals surface area contributed by atoms with Gasteiger partial charge in [0, 0.05) is 19.5 Å². The van der Waals surface area contributed by atoms with Crippen LogP contribution in [0.1, 0.15) is 30.0 Å². The van der Waals surface area contributed by atoms with E-state index >= 15 is 0 Å². The van der Waals surface area contributed by atoms with Gasteiger partial charge >= 0.3 is 0 Å². The molecule has 0 aliphatic carbocycles. The highest BCUT2D eigenvalue weighted by atomic mass is 35.5. The predicted molar refractivity (Wildman–Crippen MR) is 69.0 cm³/mol. The third-order valence-corrected chi connectivity index (χ3v) is 3.43. The zero-order valence-electron chi connectivity index (χ0n) is 10.7. The van der Waals surface area contributed by atoms with Gasteiger partial charge in [0.05, 0.1) is 29.9 Å². The molecule has 1 aliphatic rings. The quantitative estimate of drug-likeness (QED) is 0.793. The normalized spacial score (nSPS) is 24.3. The number of carbonyl (C=O) groups excluding carboxylic acids is 1. The van der Waals surface area contributed by atoms with Gasteiger partial charge in [-0.15, -0.1) is 11.6 Å². The minimum atomic E-state index is -0.0867. The van der Waals surface area contributed by atoms with Gasteiger partial charge in [-0.2, -0.15) is 0 Å². The number of aryl methyl sites for hydroxylation is 1. The number of nitrogens with zero attached hydrogens (tertiary/aromatic N) is 1. The zero-order valence-corrected chi connectivity index (χ0v) is 11.4. The monoisotopic (exact) mass is 271 g/mol. The molecule has 2 rings (SSSR count). The number of hydrogen-bond donors (Lipinski definition) is 0. The topological polar surface area (TPSA) is 42.7 Å². The van der Waals surface area contributed by atoms with Gasteiger partial charge < -0.3 is 14.1 Å². The minimum absolute atomic E-state index is 0.00543. The van der Waals surface area contributed by atoms with E-state index in [0.29, 0.717) is 31.0 Å². The summed E-state index contributed by atoms with van der Waals surface area (Å²) in [5.74, 6) is 1.15. The van der Waals surface area contributed by atoms with E-state index in [1.165, 1.54) is 0 Å². The fourth-order valence-corrected chi connectivity index (χ4v) is 2.44. The molecule has 1 aromatic heterocycles. The van der Waals surface area contributed by atoms with E-state index in [9.17, 15) is 4.79 Å². The van der Waals surface area contributed by atoms with Crippen molar-refractivity contribution in [2.24, 2.45) is 0 Å². The molecule has 18 heavy (non-hydrogen) atoms. The highest BCUT2D eigenvalue weighted by Gasteiger charge is 2.29. The second-order valence-electron chi connectivity index (χ2n) is 4.54. The number of rotatable bonds is 3. The standard InChI is InChI=1S/C13H18ClNO3/c1-3-12-11(4-5-17-12)13(16)15-7-9(2)18-10(6-14)8-15/h4-5,9-10H,3,6-8H2,1-2H3. The molecule has 5 heteroatoms. The molecule has 2 unspecified atom stereocenters. The van der Waals surface area contributed by atoms with E-state index in [0.717, 1.165) is 5.76 Å². The first kappa shape index (κ1) is 13.4. The largest absolute Gasteiger partial charge is 0.469 e. The van der Waals surface area contributed by atoms with Gasteiger partial charge in [0.25, 0.3) is 5.91 Å². The van der Waals surface area contributed by atoms with Gasteiger partial charge in [-0.3, -0.25) is 4.79 Å². The molecule has 1 saturated heterocycles. The van der Waals surface area contributed by atoms with Crippen LogP contribution in [0.25, 0.3) is 0 Å². The third kappa shape index (κ3) is 2.70. The van der Waals surface area contributed by atoms with E-state index in [1.54, 1.807) is 17.2 Å². The molecule has 100 valence electrons. The van der Waals surface area contributed by atoms with Crippen LogP contribution >= 0.6 is 11.6 Å². The smallest absolute Gasteiger partial charge is 0.257 e. The molecule has 1 aliphatic heterocycles. The highest BCUT2D eigenvalue weighted by molar-refractivity contribution is 6.18. The summed E-state index contributed by atoms with van der Waals surface area (Å²) in [4.78, 5) is 14.2. The van der Waals surface area contributed by atoms with Gasteiger partial charge in [0.15, 0.2) is 0 Å². The number of furan rings is 1. The second-order valence-corrected chi connectivity index (χ2v) is 4.85. The van der Waals surface area contributed by atoms with Crippen LogP contribution in [0.3, 0.4) is 0 Å². The Morgan fingerprint density at radius 2 is 2.33 bits per heavy atom. The van der Waals surface area contributed by atoms with Crippen LogP contribution in [0.15, 0.2) is 16.7 Å². The molecule has 1 fully saturated rings. The van der Waals surface area contributed by atoms with E-state index in [4.69, 9.17) is 20.8 Å². The number of ether oxygens (including phenoxy) is 1. The minimum Gasteiger partial charge on any atom is -0.469 e. The van der Waals surface area contributed by atoms with Crippen molar-refractivity contribution in [3.05, 3.63) is 23.7 Å². The average Bonchev–Trinajstić information content (AvgIpc) is 2.85. The van der Waals surface area contributed by atoms with Crippen molar-refractivity contribution in [3.63, 3.8) is 0 Å². The Kier molecular flexibility index (Phi) is 4.30. The van der Waals surface area contributed by atoms with Gasteiger partial charge in [-0.25, -0.2) is 0 Å². The summed E-state index contributed by atoms with van der Waals surface area (Å²) in [6.07, 6.45) is 2.21. The maximum absolute atomic E-state index is 12.4. The lowest BCUT2D eigenvalue weighted by Crippen LogP contribution is -2.49. The molecule has 4 nitrogen and oxygen atoms in total. The van der Waals surface area contributed by atoms with Gasteiger partial charge in [0.2, 0.25) is 0 Å². The molecule has 0 radical (unpaired) electrons. The van der Waals surface area contributed by atoms with Crippen LogP contribution in [-0.4, -0.2) is 42.0 Å². The van der Waals surface area contributed by atoms with Gasteiger partial charge in [-0.1, -0.05) is 6.92 Å². The summed E-state index contributed by atoms with van der Waals surface area (Å²) in [6.45, 7) is 5.07. The lowest BCUT2D eigenvalue weighted by atomic mass is 10.1. The van der Waals surface area contributed by atoms with Gasteiger partial charge in [0.1, 0.15) is 5.76 Å². The van der Waals surface area contributed by atoms with Crippen molar-refractivity contribution in [2.45, 2.75) is 32.5 Å². The zero-order chi connectivity index (χ0) is 13.1. The molecule has 2 atom stereocenters. The van der Waals surface area contributed by atoms with E-state index in [1.807, 2.05) is 13.8 Å². The van der Waals surface area contributed by atoms with E-state index in [2.05, 4.69) is 0 Å². The molecule has 0 spiro atoms. The van der Waals surface area contributed by atoms with Crippen LogP contribution in [-0.2, 0) is 11.2 Å². The van der Waals surface area contributed by atoms with Crippen molar-refractivity contribution >= 4 is 17.5 Å².